The molecule has 1 nitrogen and oxygen atoms in total. The summed E-state index contributed by atoms with van der Waals surface area (Å²) in [5, 5.41) is 3.58. The molecule has 0 amide bonds. The van der Waals surface area contributed by atoms with Crippen molar-refractivity contribution in [2.45, 2.75) is 39.7 Å². The standard InChI is InChI=1S/C13H20BrN/c1-4-9-15-13(5-2)11-7-6-8-12(14)10(11)3/h6-8,13,15H,4-5,9H2,1-3H3. The number of benzene rings is 1. The molecule has 2 heteroatoms. The van der Waals surface area contributed by atoms with Crippen LogP contribution in [0.15, 0.2) is 22.7 Å². The van der Waals surface area contributed by atoms with Gasteiger partial charge in [-0.1, -0.05) is 41.9 Å². The van der Waals surface area contributed by atoms with Crippen LogP contribution in [0.2, 0.25) is 0 Å². The number of hydrogen-bond donors (Lipinski definition) is 1. The minimum absolute atomic E-state index is 0.488. The number of rotatable bonds is 5. The third-order valence-electron chi connectivity index (χ3n) is 2.73. The molecule has 0 radical (unpaired) electrons. The average Bonchev–Trinajstić information content (AvgIpc) is 2.25. The highest BCUT2D eigenvalue weighted by Crippen LogP contribution is 2.26. The van der Waals surface area contributed by atoms with Gasteiger partial charge in [-0.25, -0.2) is 0 Å². The third kappa shape index (κ3) is 3.32. The Kier molecular flexibility index (Phi) is 5.34. The summed E-state index contributed by atoms with van der Waals surface area (Å²) in [6.45, 7) is 7.70. The van der Waals surface area contributed by atoms with Gasteiger partial charge in [-0.05, 0) is 43.5 Å². The molecule has 0 aliphatic heterocycles. The highest BCUT2D eigenvalue weighted by Gasteiger charge is 2.11. The normalized spacial score (nSPS) is 12.8. The van der Waals surface area contributed by atoms with Crippen molar-refractivity contribution in [3.05, 3.63) is 33.8 Å². The first-order chi connectivity index (χ1) is 7.20. The van der Waals surface area contributed by atoms with Gasteiger partial charge in [0.2, 0.25) is 0 Å². The molecule has 1 unspecified atom stereocenters. The first kappa shape index (κ1) is 12.7. The molecule has 1 N–H and O–H groups in total. The third-order valence-corrected chi connectivity index (χ3v) is 3.59. The Balaban J connectivity index is 2.86. The van der Waals surface area contributed by atoms with Crippen molar-refractivity contribution >= 4 is 15.9 Å². The van der Waals surface area contributed by atoms with Gasteiger partial charge in [-0.2, -0.15) is 0 Å². The molecular weight excluding hydrogens is 250 g/mol. The Labute approximate surface area is 101 Å². The molecule has 0 aliphatic carbocycles. The van der Waals surface area contributed by atoms with Gasteiger partial charge in [0.1, 0.15) is 0 Å². The fraction of sp³-hybridized carbons (Fsp3) is 0.538. The summed E-state index contributed by atoms with van der Waals surface area (Å²) in [5.74, 6) is 0. The lowest BCUT2D eigenvalue weighted by molar-refractivity contribution is 0.516. The van der Waals surface area contributed by atoms with Gasteiger partial charge in [-0.3, -0.25) is 0 Å². The average molecular weight is 270 g/mol. The smallest absolute Gasteiger partial charge is 0.0320 e. The summed E-state index contributed by atoms with van der Waals surface area (Å²) in [4.78, 5) is 0. The van der Waals surface area contributed by atoms with Gasteiger partial charge in [0.15, 0.2) is 0 Å². The Morgan fingerprint density at radius 1 is 1.33 bits per heavy atom. The lowest BCUT2D eigenvalue weighted by Gasteiger charge is -2.19. The Morgan fingerprint density at radius 3 is 2.67 bits per heavy atom. The zero-order chi connectivity index (χ0) is 11.3. The lowest BCUT2D eigenvalue weighted by atomic mass is 9.99. The maximum absolute atomic E-state index is 3.58. The summed E-state index contributed by atoms with van der Waals surface area (Å²) in [6.07, 6.45) is 2.32. The van der Waals surface area contributed by atoms with Crippen LogP contribution >= 0.6 is 15.9 Å². The van der Waals surface area contributed by atoms with E-state index in [1.807, 2.05) is 0 Å². The highest BCUT2D eigenvalue weighted by molar-refractivity contribution is 9.10. The van der Waals surface area contributed by atoms with Crippen molar-refractivity contribution in [1.29, 1.82) is 0 Å². The summed E-state index contributed by atoms with van der Waals surface area (Å²) >= 11 is 3.58. The summed E-state index contributed by atoms with van der Waals surface area (Å²) in [7, 11) is 0. The second kappa shape index (κ2) is 6.29. The SMILES string of the molecule is CCCNC(CC)c1cccc(Br)c1C. The Hall–Kier alpha value is -0.340. The molecule has 15 heavy (non-hydrogen) atoms. The summed E-state index contributed by atoms with van der Waals surface area (Å²) in [5.41, 5.74) is 2.77. The predicted molar refractivity (Wildman–Crippen MR) is 70.2 cm³/mol. The number of nitrogens with one attached hydrogen (secondary N) is 1. The molecule has 0 aliphatic rings. The zero-order valence-corrected chi connectivity index (χ0v) is 11.4. The fourth-order valence-corrected chi connectivity index (χ4v) is 2.18. The van der Waals surface area contributed by atoms with Crippen LogP contribution in [0.3, 0.4) is 0 Å². The van der Waals surface area contributed by atoms with E-state index >= 15 is 0 Å². The van der Waals surface area contributed by atoms with E-state index in [-0.39, 0.29) is 0 Å². The van der Waals surface area contributed by atoms with E-state index in [0.717, 1.165) is 13.0 Å². The van der Waals surface area contributed by atoms with Crippen LogP contribution in [0.4, 0.5) is 0 Å². The van der Waals surface area contributed by atoms with Crippen LogP contribution in [-0.4, -0.2) is 6.54 Å². The van der Waals surface area contributed by atoms with Crippen LogP contribution in [-0.2, 0) is 0 Å². The molecule has 0 saturated heterocycles. The summed E-state index contributed by atoms with van der Waals surface area (Å²) in [6, 6.07) is 6.92. The maximum atomic E-state index is 3.58. The molecule has 0 fully saturated rings. The van der Waals surface area contributed by atoms with Gasteiger partial charge in [0.05, 0.1) is 0 Å². The minimum Gasteiger partial charge on any atom is -0.310 e. The molecule has 1 aromatic rings. The van der Waals surface area contributed by atoms with E-state index < -0.39 is 0 Å². The number of hydrogen-bond acceptors (Lipinski definition) is 1. The van der Waals surface area contributed by atoms with E-state index in [0.29, 0.717) is 6.04 Å². The number of halogens is 1. The topological polar surface area (TPSA) is 12.0 Å². The molecular formula is C13H20BrN. The van der Waals surface area contributed by atoms with Crippen molar-refractivity contribution in [1.82, 2.24) is 5.32 Å². The van der Waals surface area contributed by atoms with E-state index in [1.54, 1.807) is 0 Å². The van der Waals surface area contributed by atoms with Gasteiger partial charge in [-0.15, -0.1) is 0 Å². The second-order valence-corrected chi connectivity index (χ2v) is 4.72. The van der Waals surface area contributed by atoms with Crippen molar-refractivity contribution in [2.75, 3.05) is 6.54 Å². The van der Waals surface area contributed by atoms with Crippen molar-refractivity contribution in [3.8, 4) is 0 Å². The molecule has 0 heterocycles. The van der Waals surface area contributed by atoms with Gasteiger partial charge in [0.25, 0.3) is 0 Å². The monoisotopic (exact) mass is 269 g/mol. The molecule has 1 rings (SSSR count). The largest absolute Gasteiger partial charge is 0.310 e. The van der Waals surface area contributed by atoms with Crippen LogP contribution in [0.5, 0.6) is 0 Å². The van der Waals surface area contributed by atoms with Crippen molar-refractivity contribution in [3.63, 3.8) is 0 Å². The minimum atomic E-state index is 0.488. The highest BCUT2D eigenvalue weighted by atomic mass is 79.9. The maximum Gasteiger partial charge on any atom is 0.0320 e. The molecule has 1 aromatic carbocycles. The zero-order valence-electron chi connectivity index (χ0n) is 9.81. The van der Waals surface area contributed by atoms with Crippen LogP contribution < -0.4 is 5.32 Å². The Morgan fingerprint density at radius 2 is 2.07 bits per heavy atom. The van der Waals surface area contributed by atoms with Crippen LogP contribution in [0, 0.1) is 6.92 Å². The van der Waals surface area contributed by atoms with E-state index in [2.05, 4.69) is 60.2 Å². The first-order valence-corrected chi connectivity index (χ1v) is 6.48. The van der Waals surface area contributed by atoms with E-state index in [9.17, 15) is 0 Å². The van der Waals surface area contributed by atoms with E-state index in [1.165, 1.54) is 22.0 Å². The van der Waals surface area contributed by atoms with Crippen molar-refractivity contribution in [2.24, 2.45) is 0 Å². The molecule has 0 bridgehead atoms. The van der Waals surface area contributed by atoms with Crippen LogP contribution in [0.25, 0.3) is 0 Å². The van der Waals surface area contributed by atoms with E-state index in [4.69, 9.17) is 0 Å². The van der Waals surface area contributed by atoms with Gasteiger partial charge < -0.3 is 5.32 Å². The molecule has 0 saturated carbocycles. The van der Waals surface area contributed by atoms with Crippen LogP contribution in [0.1, 0.15) is 43.9 Å². The predicted octanol–water partition coefficient (Wildman–Crippen LogP) is 4.21. The second-order valence-electron chi connectivity index (χ2n) is 3.87. The summed E-state index contributed by atoms with van der Waals surface area (Å²) < 4.78 is 1.21. The Bertz CT molecular complexity index is 309. The molecule has 0 aromatic heterocycles. The molecule has 0 spiro atoms. The first-order valence-electron chi connectivity index (χ1n) is 5.69. The fourth-order valence-electron chi connectivity index (χ4n) is 1.79. The van der Waals surface area contributed by atoms with Gasteiger partial charge in [0, 0.05) is 10.5 Å². The van der Waals surface area contributed by atoms with Gasteiger partial charge >= 0.3 is 0 Å². The van der Waals surface area contributed by atoms with Crippen molar-refractivity contribution < 1.29 is 0 Å². The molecule has 1 atom stereocenters. The lowest BCUT2D eigenvalue weighted by Crippen LogP contribution is -2.22. The molecule has 84 valence electrons. The quantitative estimate of drug-likeness (QED) is 0.845.